The molecule has 2 rings (SSSR count). The average Bonchev–Trinajstić information content (AvgIpc) is 2.41. The topological polar surface area (TPSA) is 68.0 Å². The van der Waals surface area contributed by atoms with Gasteiger partial charge in [0.25, 0.3) is 5.91 Å². The van der Waals surface area contributed by atoms with Gasteiger partial charge in [-0.2, -0.15) is 0 Å². The molecular formula is C13H11F2N3O. The van der Waals surface area contributed by atoms with Crippen molar-refractivity contribution in [2.75, 3.05) is 5.73 Å². The van der Waals surface area contributed by atoms with Crippen molar-refractivity contribution in [1.82, 2.24) is 10.3 Å². The molecule has 0 spiro atoms. The molecule has 1 heterocycles. The number of benzene rings is 1. The molecule has 3 N–H and O–H groups in total. The Kier molecular flexibility index (Phi) is 3.70. The highest BCUT2D eigenvalue weighted by atomic mass is 19.2. The SMILES string of the molecule is Nc1cc(F)c(F)cc1C(=O)NCc1ccccn1. The van der Waals surface area contributed by atoms with Crippen molar-refractivity contribution in [3.63, 3.8) is 0 Å². The maximum Gasteiger partial charge on any atom is 0.253 e. The van der Waals surface area contributed by atoms with Crippen LogP contribution in [0.5, 0.6) is 0 Å². The number of nitrogen functional groups attached to an aromatic ring is 1. The molecule has 0 unspecified atom stereocenters. The summed E-state index contributed by atoms with van der Waals surface area (Å²) < 4.78 is 25.9. The van der Waals surface area contributed by atoms with Crippen LogP contribution >= 0.6 is 0 Å². The van der Waals surface area contributed by atoms with Crippen molar-refractivity contribution in [1.29, 1.82) is 0 Å². The van der Waals surface area contributed by atoms with Crippen LogP contribution in [0.4, 0.5) is 14.5 Å². The van der Waals surface area contributed by atoms with Crippen molar-refractivity contribution >= 4 is 11.6 Å². The maximum atomic E-state index is 13.1. The number of nitrogens with two attached hydrogens (primary N) is 1. The second kappa shape index (κ2) is 5.43. The van der Waals surface area contributed by atoms with Gasteiger partial charge in [-0.15, -0.1) is 0 Å². The summed E-state index contributed by atoms with van der Waals surface area (Å²) in [6, 6.07) is 6.82. The van der Waals surface area contributed by atoms with Crippen LogP contribution in [0.2, 0.25) is 0 Å². The van der Waals surface area contributed by atoms with Crippen molar-refractivity contribution in [3.8, 4) is 0 Å². The summed E-state index contributed by atoms with van der Waals surface area (Å²) in [4.78, 5) is 15.8. The highest BCUT2D eigenvalue weighted by molar-refractivity contribution is 5.99. The first-order valence-electron chi connectivity index (χ1n) is 5.50. The lowest BCUT2D eigenvalue weighted by Gasteiger charge is -2.07. The fourth-order valence-corrected chi connectivity index (χ4v) is 1.53. The van der Waals surface area contributed by atoms with E-state index in [1.807, 2.05) is 0 Å². The molecule has 0 aliphatic carbocycles. The first-order valence-corrected chi connectivity index (χ1v) is 5.50. The minimum Gasteiger partial charge on any atom is -0.398 e. The van der Waals surface area contributed by atoms with E-state index in [0.717, 1.165) is 12.1 Å². The van der Waals surface area contributed by atoms with Gasteiger partial charge in [0, 0.05) is 18.0 Å². The molecule has 1 aromatic carbocycles. The lowest BCUT2D eigenvalue weighted by Crippen LogP contribution is -2.24. The summed E-state index contributed by atoms with van der Waals surface area (Å²) in [5.41, 5.74) is 5.91. The molecule has 0 saturated heterocycles. The van der Waals surface area contributed by atoms with Crippen molar-refractivity contribution in [2.45, 2.75) is 6.54 Å². The van der Waals surface area contributed by atoms with E-state index in [0.29, 0.717) is 5.69 Å². The highest BCUT2D eigenvalue weighted by Gasteiger charge is 2.14. The number of pyridine rings is 1. The number of hydrogen-bond acceptors (Lipinski definition) is 3. The fraction of sp³-hybridized carbons (Fsp3) is 0.0769. The van der Waals surface area contributed by atoms with Gasteiger partial charge in [0.1, 0.15) is 0 Å². The number of halogens is 2. The van der Waals surface area contributed by atoms with Crippen LogP contribution in [0.3, 0.4) is 0 Å². The minimum absolute atomic E-state index is 0.102. The number of aromatic nitrogens is 1. The number of rotatable bonds is 3. The monoisotopic (exact) mass is 263 g/mol. The molecule has 1 amide bonds. The first kappa shape index (κ1) is 12.9. The van der Waals surface area contributed by atoms with Crippen LogP contribution in [0.25, 0.3) is 0 Å². The Labute approximate surface area is 108 Å². The third-order valence-corrected chi connectivity index (χ3v) is 2.49. The lowest BCUT2D eigenvalue weighted by molar-refractivity contribution is 0.0951. The molecule has 98 valence electrons. The molecule has 0 fully saturated rings. The minimum atomic E-state index is -1.11. The third kappa shape index (κ3) is 3.04. The fourth-order valence-electron chi connectivity index (χ4n) is 1.53. The van der Waals surface area contributed by atoms with Crippen LogP contribution in [-0.2, 0) is 6.54 Å². The normalized spacial score (nSPS) is 10.2. The maximum absolute atomic E-state index is 13.1. The molecule has 1 aromatic heterocycles. The Bertz CT molecular complexity index is 602. The molecule has 0 bridgehead atoms. The average molecular weight is 263 g/mol. The van der Waals surface area contributed by atoms with Gasteiger partial charge in [-0.1, -0.05) is 6.07 Å². The molecule has 6 heteroatoms. The molecule has 2 aromatic rings. The standard InChI is InChI=1S/C13H11F2N3O/c14-10-5-9(12(16)6-11(10)15)13(19)18-7-8-3-1-2-4-17-8/h1-6H,7,16H2,(H,18,19). The molecule has 0 atom stereocenters. The molecule has 19 heavy (non-hydrogen) atoms. The van der Waals surface area contributed by atoms with Crippen LogP contribution in [-0.4, -0.2) is 10.9 Å². The van der Waals surface area contributed by atoms with Crippen LogP contribution < -0.4 is 11.1 Å². The molecule has 0 aliphatic rings. The highest BCUT2D eigenvalue weighted by Crippen LogP contribution is 2.16. The Morgan fingerprint density at radius 3 is 2.68 bits per heavy atom. The van der Waals surface area contributed by atoms with Crippen LogP contribution in [0.15, 0.2) is 36.5 Å². The second-order valence-electron chi connectivity index (χ2n) is 3.86. The zero-order chi connectivity index (χ0) is 13.8. The number of carbonyl (C=O) groups is 1. The van der Waals surface area contributed by atoms with Crippen molar-refractivity contribution in [2.24, 2.45) is 0 Å². The van der Waals surface area contributed by atoms with E-state index in [1.54, 1.807) is 24.4 Å². The van der Waals surface area contributed by atoms with E-state index in [4.69, 9.17) is 5.73 Å². The van der Waals surface area contributed by atoms with E-state index < -0.39 is 17.5 Å². The van der Waals surface area contributed by atoms with Crippen molar-refractivity contribution < 1.29 is 13.6 Å². The van der Waals surface area contributed by atoms with Gasteiger partial charge >= 0.3 is 0 Å². The van der Waals surface area contributed by atoms with Gasteiger partial charge in [0.05, 0.1) is 17.8 Å². The van der Waals surface area contributed by atoms with Gasteiger partial charge in [0.15, 0.2) is 11.6 Å². The van der Waals surface area contributed by atoms with Gasteiger partial charge in [-0.3, -0.25) is 9.78 Å². The van der Waals surface area contributed by atoms with Gasteiger partial charge in [0.2, 0.25) is 0 Å². The Morgan fingerprint density at radius 2 is 2.00 bits per heavy atom. The zero-order valence-corrected chi connectivity index (χ0v) is 9.86. The van der Waals surface area contributed by atoms with E-state index in [2.05, 4.69) is 10.3 Å². The number of anilines is 1. The summed E-state index contributed by atoms with van der Waals surface area (Å²) >= 11 is 0. The van der Waals surface area contributed by atoms with E-state index >= 15 is 0 Å². The summed E-state index contributed by atoms with van der Waals surface area (Å²) in [6.45, 7) is 0.179. The number of nitrogens with one attached hydrogen (secondary N) is 1. The molecule has 4 nitrogen and oxygen atoms in total. The number of hydrogen-bond donors (Lipinski definition) is 2. The lowest BCUT2D eigenvalue weighted by atomic mass is 10.1. The number of carbonyl (C=O) groups excluding carboxylic acids is 1. The summed E-state index contributed by atoms with van der Waals surface area (Å²) in [5, 5.41) is 2.53. The Balaban J connectivity index is 2.10. The summed E-state index contributed by atoms with van der Waals surface area (Å²) in [7, 11) is 0. The van der Waals surface area contributed by atoms with Gasteiger partial charge in [-0.25, -0.2) is 8.78 Å². The smallest absolute Gasteiger partial charge is 0.253 e. The predicted octanol–water partition coefficient (Wildman–Crippen LogP) is 1.87. The zero-order valence-electron chi connectivity index (χ0n) is 9.86. The van der Waals surface area contributed by atoms with E-state index in [-0.39, 0.29) is 17.8 Å². The van der Waals surface area contributed by atoms with Gasteiger partial charge < -0.3 is 11.1 Å². The summed E-state index contributed by atoms with van der Waals surface area (Å²) in [5.74, 6) is -2.78. The van der Waals surface area contributed by atoms with Gasteiger partial charge in [-0.05, 0) is 18.2 Å². The van der Waals surface area contributed by atoms with E-state index in [1.165, 1.54) is 0 Å². The van der Waals surface area contributed by atoms with Crippen LogP contribution in [0, 0.1) is 11.6 Å². The molecular weight excluding hydrogens is 252 g/mol. The quantitative estimate of drug-likeness (QED) is 0.831. The molecule has 0 saturated carbocycles. The Hall–Kier alpha value is -2.50. The molecule has 0 aliphatic heterocycles. The van der Waals surface area contributed by atoms with Crippen molar-refractivity contribution in [3.05, 3.63) is 59.4 Å². The largest absolute Gasteiger partial charge is 0.398 e. The molecule has 0 radical (unpaired) electrons. The number of amides is 1. The van der Waals surface area contributed by atoms with E-state index in [9.17, 15) is 13.6 Å². The summed E-state index contributed by atoms with van der Waals surface area (Å²) in [6.07, 6.45) is 1.59. The predicted molar refractivity (Wildman–Crippen MR) is 66.2 cm³/mol. The number of nitrogens with zero attached hydrogens (tertiary/aromatic N) is 1. The Morgan fingerprint density at radius 1 is 1.26 bits per heavy atom. The second-order valence-corrected chi connectivity index (χ2v) is 3.86. The van der Waals surface area contributed by atoms with Crippen LogP contribution in [0.1, 0.15) is 16.1 Å². The first-order chi connectivity index (χ1) is 9.08. The third-order valence-electron chi connectivity index (χ3n) is 2.49.